The molecule has 0 aliphatic carbocycles. The van der Waals surface area contributed by atoms with E-state index < -0.39 is 17.8 Å². The van der Waals surface area contributed by atoms with Crippen LogP contribution in [0.4, 0.5) is 5.69 Å². The Kier molecular flexibility index (Phi) is 3.01. The molecule has 1 heterocycles. The van der Waals surface area contributed by atoms with E-state index in [4.69, 9.17) is 9.52 Å². The van der Waals surface area contributed by atoms with Crippen molar-refractivity contribution in [3.8, 4) is 0 Å². The van der Waals surface area contributed by atoms with Crippen molar-refractivity contribution in [2.75, 3.05) is 11.9 Å². The number of carboxylic acids is 1. The Bertz CT molecular complexity index is 605. The summed E-state index contributed by atoms with van der Waals surface area (Å²) in [4.78, 5) is 27.9. The van der Waals surface area contributed by atoms with Gasteiger partial charge in [0.05, 0.1) is 0 Å². The van der Waals surface area contributed by atoms with Crippen molar-refractivity contribution in [1.82, 2.24) is 4.98 Å². The first kappa shape index (κ1) is 12.1. The molecular formula is C12H12N2O4. The van der Waals surface area contributed by atoms with E-state index in [0.717, 1.165) is 0 Å². The first-order valence-corrected chi connectivity index (χ1v) is 5.34. The average molecular weight is 248 g/mol. The number of carboxylic acid groups (broad SMARTS) is 1. The van der Waals surface area contributed by atoms with Gasteiger partial charge in [-0.3, -0.25) is 9.59 Å². The Hall–Kier alpha value is -2.37. The van der Waals surface area contributed by atoms with Crippen LogP contribution >= 0.6 is 0 Å². The topological polar surface area (TPSA) is 83.6 Å². The van der Waals surface area contributed by atoms with Crippen LogP contribution < -0.4 is 4.90 Å². The van der Waals surface area contributed by atoms with Gasteiger partial charge >= 0.3 is 5.97 Å². The van der Waals surface area contributed by atoms with Crippen LogP contribution in [0.1, 0.15) is 6.92 Å². The van der Waals surface area contributed by atoms with E-state index in [9.17, 15) is 9.59 Å². The molecule has 6 nitrogen and oxygen atoms in total. The number of oxazole rings is 1. The zero-order chi connectivity index (χ0) is 13.3. The molecule has 0 spiro atoms. The number of aromatic nitrogens is 1. The molecule has 0 aliphatic rings. The molecule has 94 valence electrons. The maximum atomic E-state index is 11.9. The third-order valence-electron chi connectivity index (χ3n) is 2.77. The number of hydrogen-bond acceptors (Lipinski definition) is 4. The summed E-state index contributed by atoms with van der Waals surface area (Å²) in [5.74, 6) is -2.71. The fourth-order valence-electron chi connectivity index (χ4n) is 1.58. The van der Waals surface area contributed by atoms with Gasteiger partial charge in [-0.05, 0) is 19.1 Å². The number of hydrogen-bond donors (Lipinski definition) is 1. The second-order valence-corrected chi connectivity index (χ2v) is 3.96. The van der Waals surface area contributed by atoms with Crippen molar-refractivity contribution < 1.29 is 19.1 Å². The van der Waals surface area contributed by atoms with E-state index in [1.807, 2.05) is 0 Å². The van der Waals surface area contributed by atoms with Crippen LogP contribution in [-0.4, -0.2) is 29.0 Å². The fraction of sp³-hybridized carbons (Fsp3) is 0.250. The molecule has 1 aromatic carbocycles. The molecule has 0 aliphatic heterocycles. The molecule has 0 bridgehead atoms. The van der Waals surface area contributed by atoms with Crippen LogP contribution in [0.25, 0.3) is 11.1 Å². The highest BCUT2D eigenvalue weighted by Crippen LogP contribution is 2.21. The predicted octanol–water partition coefficient (Wildman–Crippen LogP) is 1.51. The Morgan fingerprint density at radius 3 is 2.83 bits per heavy atom. The van der Waals surface area contributed by atoms with E-state index in [1.54, 1.807) is 18.2 Å². The van der Waals surface area contributed by atoms with Crippen LogP contribution in [0.2, 0.25) is 0 Å². The lowest BCUT2D eigenvalue weighted by Gasteiger charge is -2.19. The largest absolute Gasteiger partial charge is 0.481 e. The summed E-state index contributed by atoms with van der Waals surface area (Å²) < 4.78 is 5.13. The number of anilines is 1. The summed E-state index contributed by atoms with van der Waals surface area (Å²) in [5.41, 5.74) is 1.80. The van der Waals surface area contributed by atoms with E-state index in [-0.39, 0.29) is 0 Å². The number of carbonyl (C=O) groups is 2. The van der Waals surface area contributed by atoms with Crippen LogP contribution in [0.5, 0.6) is 0 Å². The van der Waals surface area contributed by atoms with Gasteiger partial charge < -0.3 is 14.4 Å². The molecule has 1 amide bonds. The zero-order valence-corrected chi connectivity index (χ0v) is 9.95. The highest BCUT2D eigenvalue weighted by atomic mass is 16.4. The summed E-state index contributed by atoms with van der Waals surface area (Å²) in [6, 6.07) is 5.05. The van der Waals surface area contributed by atoms with Gasteiger partial charge in [0, 0.05) is 18.8 Å². The first-order valence-electron chi connectivity index (χ1n) is 5.34. The fourth-order valence-corrected chi connectivity index (χ4v) is 1.58. The Labute approximate surface area is 103 Å². The second-order valence-electron chi connectivity index (χ2n) is 3.96. The van der Waals surface area contributed by atoms with Gasteiger partial charge in [0.25, 0.3) is 0 Å². The molecule has 0 saturated carbocycles. The molecule has 18 heavy (non-hydrogen) atoms. The van der Waals surface area contributed by atoms with Crippen LogP contribution in [0, 0.1) is 5.92 Å². The highest BCUT2D eigenvalue weighted by molar-refractivity contribution is 6.05. The lowest BCUT2D eigenvalue weighted by atomic mass is 10.1. The molecule has 1 atom stereocenters. The van der Waals surface area contributed by atoms with Crippen LogP contribution in [-0.2, 0) is 9.59 Å². The van der Waals surface area contributed by atoms with E-state index >= 15 is 0 Å². The van der Waals surface area contributed by atoms with Crippen molar-refractivity contribution in [2.24, 2.45) is 5.92 Å². The molecule has 0 radical (unpaired) electrons. The van der Waals surface area contributed by atoms with Gasteiger partial charge in [-0.1, -0.05) is 0 Å². The van der Waals surface area contributed by atoms with Gasteiger partial charge in [0.15, 0.2) is 12.0 Å². The second kappa shape index (κ2) is 4.48. The van der Waals surface area contributed by atoms with Crippen molar-refractivity contribution >= 4 is 28.7 Å². The molecule has 6 heteroatoms. The zero-order valence-electron chi connectivity index (χ0n) is 9.95. The Balaban J connectivity index is 2.29. The van der Waals surface area contributed by atoms with Crippen LogP contribution in [0.15, 0.2) is 29.0 Å². The summed E-state index contributed by atoms with van der Waals surface area (Å²) in [5, 5.41) is 8.81. The minimum atomic E-state index is -1.15. The van der Waals surface area contributed by atoms with E-state index in [0.29, 0.717) is 16.8 Å². The number of benzene rings is 1. The average Bonchev–Trinajstić information content (AvgIpc) is 2.82. The smallest absolute Gasteiger partial charge is 0.315 e. The van der Waals surface area contributed by atoms with Crippen molar-refractivity contribution in [1.29, 1.82) is 0 Å². The van der Waals surface area contributed by atoms with E-state index in [2.05, 4.69) is 4.98 Å². The van der Waals surface area contributed by atoms with Gasteiger partial charge in [0.1, 0.15) is 11.4 Å². The highest BCUT2D eigenvalue weighted by Gasteiger charge is 2.25. The molecule has 0 saturated heterocycles. The lowest BCUT2D eigenvalue weighted by molar-refractivity contribution is -0.145. The van der Waals surface area contributed by atoms with Crippen molar-refractivity contribution in [3.05, 3.63) is 24.6 Å². The van der Waals surface area contributed by atoms with Gasteiger partial charge in [-0.25, -0.2) is 4.98 Å². The third-order valence-corrected chi connectivity index (χ3v) is 2.77. The SMILES string of the molecule is CC(C(=O)O)C(=O)N(C)c1ccc2ncoc2c1. The minimum Gasteiger partial charge on any atom is -0.481 e. The third kappa shape index (κ3) is 2.04. The van der Waals surface area contributed by atoms with E-state index in [1.165, 1.54) is 25.3 Å². The maximum absolute atomic E-state index is 11.9. The molecule has 2 aromatic rings. The standard InChI is InChI=1S/C12H12N2O4/c1-7(12(16)17)11(15)14(2)8-3-4-9-10(5-8)18-6-13-9/h3-7H,1-2H3,(H,16,17). The Morgan fingerprint density at radius 1 is 1.44 bits per heavy atom. The number of carbonyl (C=O) groups excluding carboxylic acids is 1. The Morgan fingerprint density at radius 2 is 2.17 bits per heavy atom. The minimum absolute atomic E-state index is 0.485. The number of aliphatic carboxylic acids is 1. The molecular weight excluding hydrogens is 236 g/mol. The number of amides is 1. The molecule has 1 unspecified atom stereocenters. The summed E-state index contributed by atoms with van der Waals surface area (Å²) in [6.45, 7) is 1.36. The number of rotatable bonds is 3. The molecule has 0 fully saturated rings. The number of fused-ring (bicyclic) bond motifs is 1. The van der Waals surface area contributed by atoms with Gasteiger partial charge in [-0.2, -0.15) is 0 Å². The van der Waals surface area contributed by atoms with Crippen molar-refractivity contribution in [3.63, 3.8) is 0 Å². The monoisotopic (exact) mass is 248 g/mol. The predicted molar refractivity (Wildman–Crippen MR) is 64.2 cm³/mol. The maximum Gasteiger partial charge on any atom is 0.315 e. The number of nitrogens with zero attached hydrogens (tertiary/aromatic N) is 2. The summed E-state index contributed by atoms with van der Waals surface area (Å²) in [6.07, 6.45) is 1.32. The molecule has 1 N–H and O–H groups in total. The quantitative estimate of drug-likeness (QED) is 0.832. The molecule has 2 rings (SSSR count). The van der Waals surface area contributed by atoms with Gasteiger partial charge in [0.2, 0.25) is 5.91 Å². The van der Waals surface area contributed by atoms with Crippen LogP contribution in [0.3, 0.4) is 0 Å². The lowest BCUT2D eigenvalue weighted by Crippen LogP contribution is -2.35. The van der Waals surface area contributed by atoms with Gasteiger partial charge in [-0.15, -0.1) is 0 Å². The summed E-state index contributed by atoms with van der Waals surface area (Å²) >= 11 is 0. The first-order chi connectivity index (χ1) is 8.50. The molecule has 1 aromatic heterocycles. The van der Waals surface area contributed by atoms with Crippen molar-refractivity contribution in [2.45, 2.75) is 6.92 Å². The summed E-state index contributed by atoms with van der Waals surface area (Å²) in [7, 11) is 1.53. The normalized spacial score (nSPS) is 12.3.